The Morgan fingerprint density at radius 3 is 1.60 bits per heavy atom. The molecular formula is C51H42N8SSi3. The fourth-order valence-corrected chi connectivity index (χ4v) is 15.1. The molecule has 0 unspecified atom stereocenters. The van der Waals surface area contributed by atoms with Crippen LogP contribution in [0, 0.1) is 0 Å². The summed E-state index contributed by atoms with van der Waals surface area (Å²) in [5, 5.41) is 11.4. The number of hydrogen-bond acceptors (Lipinski definition) is 9. The molecule has 0 radical (unpaired) electrons. The molecule has 3 aliphatic heterocycles. The van der Waals surface area contributed by atoms with E-state index in [0.717, 1.165) is 87.5 Å². The fraction of sp³-hybridized carbons (Fsp3) is 0.118. The van der Waals surface area contributed by atoms with Crippen LogP contribution in [0.2, 0.25) is 39.3 Å². The highest BCUT2D eigenvalue weighted by molar-refractivity contribution is 7.21. The van der Waals surface area contributed by atoms with Crippen LogP contribution in [-0.2, 0) is 0 Å². The molecule has 8 aromatic carbocycles. The molecule has 0 spiro atoms. The van der Waals surface area contributed by atoms with E-state index in [0.29, 0.717) is 0 Å². The Morgan fingerprint density at radius 2 is 0.921 bits per heavy atom. The van der Waals surface area contributed by atoms with Crippen molar-refractivity contribution in [1.29, 1.82) is 0 Å². The maximum absolute atomic E-state index is 5.54. The van der Waals surface area contributed by atoms with Crippen molar-refractivity contribution in [2.75, 3.05) is 4.90 Å². The molecule has 63 heavy (non-hydrogen) atoms. The number of benzene rings is 8. The van der Waals surface area contributed by atoms with E-state index in [-0.39, 0.29) is 0 Å². The Kier molecular flexibility index (Phi) is 8.30. The summed E-state index contributed by atoms with van der Waals surface area (Å²) in [7, 11) is -7.06. The Bertz CT molecular complexity index is 3830. The van der Waals surface area contributed by atoms with Crippen molar-refractivity contribution in [3.05, 3.63) is 178 Å². The third-order valence-electron chi connectivity index (χ3n) is 12.0. The smallest absolute Gasteiger partial charge is 0.298 e. The molecule has 4 heterocycles. The predicted molar refractivity (Wildman–Crippen MR) is 265 cm³/mol. The SMILES string of the molecule is C[Si]1(C)N=c2cccc(N(c3ccc(-c4ccc(-c5nc6ccccc6s5)cc4)c4c3=N[Si](C)(C)N=4)c3ccc(-c4ccc5cc6ccccc6cc5c4)c4c3=N[Si](C)(C)N=4)c2=N1. The number of fused-ring (bicyclic) bond motifs is 6. The predicted octanol–water partition coefficient (Wildman–Crippen LogP) is 9.94. The molecule has 0 bridgehead atoms. The van der Waals surface area contributed by atoms with E-state index in [4.69, 9.17) is 32.9 Å². The van der Waals surface area contributed by atoms with Crippen LogP contribution in [0.5, 0.6) is 0 Å². The van der Waals surface area contributed by atoms with E-state index in [9.17, 15) is 0 Å². The first-order valence-corrected chi connectivity index (χ1v) is 30.9. The second-order valence-electron chi connectivity index (χ2n) is 18.1. The highest BCUT2D eigenvalue weighted by atomic mass is 32.1. The van der Waals surface area contributed by atoms with Crippen molar-refractivity contribution >= 4 is 85.4 Å². The van der Waals surface area contributed by atoms with Gasteiger partial charge >= 0.3 is 0 Å². The zero-order valence-electron chi connectivity index (χ0n) is 35.8. The number of rotatable bonds is 6. The first-order valence-electron chi connectivity index (χ1n) is 21.4. The number of aromatic nitrogens is 1. The van der Waals surface area contributed by atoms with Crippen LogP contribution in [0.3, 0.4) is 0 Å². The van der Waals surface area contributed by atoms with Gasteiger partial charge in [-0.2, -0.15) is 0 Å². The zero-order valence-corrected chi connectivity index (χ0v) is 39.7. The summed E-state index contributed by atoms with van der Waals surface area (Å²) < 4.78 is 33.7. The summed E-state index contributed by atoms with van der Waals surface area (Å²) >= 11 is 1.72. The van der Waals surface area contributed by atoms with Gasteiger partial charge in [0.1, 0.15) is 5.01 Å². The number of thiazole rings is 1. The van der Waals surface area contributed by atoms with Gasteiger partial charge in [0.25, 0.3) is 25.2 Å². The van der Waals surface area contributed by atoms with Gasteiger partial charge < -0.3 is 4.90 Å². The van der Waals surface area contributed by atoms with Crippen LogP contribution < -0.4 is 37.0 Å². The van der Waals surface area contributed by atoms with Gasteiger partial charge in [-0.25, -0.2) is 4.98 Å². The number of nitrogens with zero attached hydrogens (tertiary/aromatic N) is 8. The first kappa shape index (κ1) is 38.1. The van der Waals surface area contributed by atoms with E-state index in [1.54, 1.807) is 11.3 Å². The van der Waals surface area contributed by atoms with Gasteiger partial charge in [-0.3, -0.25) is 27.9 Å². The van der Waals surface area contributed by atoms with E-state index < -0.39 is 25.2 Å². The number of para-hydroxylation sites is 1. The van der Waals surface area contributed by atoms with Crippen molar-refractivity contribution in [2.45, 2.75) is 39.3 Å². The molecule has 3 aliphatic rings. The summed E-state index contributed by atoms with van der Waals surface area (Å²) in [5.41, 5.74) is 9.36. The van der Waals surface area contributed by atoms with Crippen molar-refractivity contribution in [3.63, 3.8) is 0 Å². The summed E-state index contributed by atoms with van der Waals surface area (Å²) in [6, 6.07) is 52.2. The lowest BCUT2D eigenvalue weighted by Gasteiger charge is -2.26. The molecule has 0 saturated heterocycles. The second-order valence-corrected chi connectivity index (χ2v) is 29.5. The van der Waals surface area contributed by atoms with E-state index in [2.05, 4.69) is 184 Å². The topological polar surface area (TPSA) is 90.3 Å². The van der Waals surface area contributed by atoms with Crippen LogP contribution in [-0.4, -0.2) is 30.2 Å². The summed E-state index contributed by atoms with van der Waals surface area (Å²) in [6.07, 6.45) is 0. The minimum atomic E-state index is -2.41. The highest BCUT2D eigenvalue weighted by Gasteiger charge is 2.33. The lowest BCUT2D eigenvalue weighted by molar-refractivity contribution is 1.17. The highest BCUT2D eigenvalue weighted by Crippen LogP contribution is 2.35. The average molecular weight is 883 g/mol. The molecule has 9 aromatic rings. The quantitative estimate of drug-likeness (QED) is 0.123. The maximum atomic E-state index is 5.54. The van der Waals surface area contributed by atoms with Gasteiger partial charge in [0.05, 0.1) is 59.4 Å². The summed E-state index contributed by atoms with van der Waals surface area (Å²) in [6.45, 7) is 13.3. The van der Waals surface area contributed by atoms with Crippen molar-refractivity contribution in [3.8, 4) is 32.8 Å². The third-order valence-corrected chi connectivity index (χ3v) is 17.8. The molecule has 0 fully saturated rings. The van der Waals surface area contributed by atoms with Gasteiger partial charge in [-0.05, 0) is 127 Å². The molecule has 0 N–H and O–H groups in total. The fourth-order valence-electron chi connectivity index (χ4n) is 9.34. The average Bonchev–Trinajstić information content (AvgIpc) is 4.02. The maximum Gasteiger partial charge on any atom is 0.298 e. The minimum Gasteiger partial charge on any atom is -0.304 e. The van der Waals surface area contributed by atoms with Crippen molar-refractivity contribution in [1.82, 2.24) is 4.98 Å². The zero-order chi connectivity index (χ0) is 42.8. The van der Waals surface area contributed by atoms with Gasteiger partial charge in [-0.15, -0.1) is 11.3 Å². The Balaban J connectivity index is 1.06. The van der Waals surface area contributed by atoms with Crippen LogP contribution >= 0.6 is 11.3 Å². The van der Waals surface area contributed by atoms with Gasteiger partial charge in [0.2, 0.25) is 0 Å². The molecule has 0 atom stereocenters. The second kappa shape index (κ2) is 13.7. The minimum absolute atomic E-state index is 0.898. The molecule has 1 aromatic heterocycles. The largest absolute Gasteiger partial charge is 0.304 e. The van der Waals surface area contributed by atoms with Gasteiger partial charge in [0, 0.05) is 16.7 Å². The van der Waals surface area contributed by atoms with E-state index >= 15 is 0 Å². The standard InChI is InChI=1S/C51H42N8SSi3/c1-61(2)53-41-15-11-16-42(48(41)56-61)59(44-27-25-39(47-50(44)58-63(5,6)55-47)36-23-22-35-28-33-12-7-8-13-34(33)29-37(35)30-36)43-26-24-38(46-49(43)57-62(3,4)54-46)31-18-20-32(21-19-31)51-52-40-14-9-10-17-45(40)60-51/h7-30H,1-6H3. The first-order chi connectivity index (χ1) is 30.4. The summed E-state index contributed by atoms with van der Waals surface area (Å²) in [5.74, 6) is 0. The van der Waals surface area contributed by atoms with Crippen LogP contribution in [0.4, 0.5) is 17.1 Å². The Labute approximate surface area is 371 Å². The van der Waals surface area contributed by atoms with Crippen molar-refractivity contribution in [2.24, 2.45) is 27.9 Å². The molecule has 12 rings (SSSR count). The van der Waals surface area contributed by atoms with Crippen LogP contribution in [0.15, 0.2) is 174 Å². The van der Waals surface area contributed by atoms with Gasteiger partial charge in [0.15, 0.2) is 0 Å². The van der Waals surface area contributed by atoms with E-state index in [1.807, 2.05) is 6.07 Å². The Hall–Kier alpha value is -6.58. The molecule has 304 valence electrons. The molecule has 12 heteroatoms. The number of anilines is 3. The van der Waals surface area contributed by atoms with Gasteiger partial charge in [-0.1, -0.05) is 91.0 Å². The lowest BCUT2D eigenvalue weighted by atomic mass is 9.97. The molecule has 0 saturated carbocycles. The van der Waals surface area contributed by atoms with Crippen LogP contribution in [0.1, 0.15) is 0 Å². The normalized spacial score (nSPS) is 16.0. The monoisotopic (exact) mass is 882 g/mol. The Morgan fingerprint density at radius 1 is 0.397 bits per heavy atom. The molecule has 0 amide bonds. The molecule has 8 nitrogen and oxygen atoms in total. The van der Waals surface area contributed by atoms with E-state index in [1.165, 1.54) is 26.2 Å². The van der Waals surface area contributed by atoms with Crippen LogP contribution in [0.25, 0.3) is 64.6 Å². The van der Waals surface area contributed by atoms with Crippen molar-refractivity contribution < 1.29 is 0 Å². The lowest BCUT2D eigenvalue weighted by Crippen LogP contribution is -2.38. The summed E-state index contributed by atoms with van der Waals surface area (Å²) in [4.78, 5) is 7.26. The third kappa shape index (κ3) is 6.46. The number of hydrogen-bond donors (Lipinski definition) is 0. The molecule has 0 aliphatic carbocycles. The molecular weight excluding hydrogens is 841 g/mol.